The Bertz CT molecular complexity index is 314. The van der Waals surface area contributed by atoms with Crippen molar-refractivity contribution in [1.29, 1.82) is 0 Å². The van der Waals surface area contributed by atoms with Gasteiger partial charge in [0, 0.05) is 5.57 Å². The lowest BCUT2D eigenvalue weighted by Gasteiger charge is -2.00. The molecule has 12 heavy (non-hydrogen) atoms. The molecule has 0 N–H and O–H groups in total. The number of ether oxygens (including phenoxy) is 1. The highest BCUT2D eigenvalue weighted by atomic mass is 16.5. The van der Waals surface area contributed by atoms with Gasteiger partial charge in [0.25, 0.3) is 0 Å². The summed E-state index contributed by atoms with van der Waals surface area (Å²) in [5.74, 6) is 3.31. The second-order valence-corrected chi connectivity index (χ2v) is 2.35. The van der Waals surface area contributed by atoms with Gasteiger partial charge in [-0.15, -0.1) is 6.42 Å². The van der Waals surface area contributed by atoms with E-state index in [1.54, 1.807) is 7.11 Å². The molecule has 0 heterocycles. The third kappa shape index (κ3) is 1.67. The number of benzene rings is 1. The molecule has 0 aliphatic rings. The van der Waals surface area contributed by atoms with Gasteiger partial charge in [-0.1, -0.05) is 24.6 Å². The molecule has 0 aliphatic heterocycles. The first kappa shape index (κ1) is 8.42. The third-order valence-electron chi connectivity index (χ3n) is 1.61. The number of rotatable bonds is 2. The Hall–Kier alpha value is -1.68. The fourth-order valence-electron chi connectivity index (χ4n) is 0.876. The van der Waals surface area contributed by atoms with Gasteiger partial charge >= 0.3 is 0 Å². The van der Waals surface area contributed by atoms with Crippen molar-refractivity contribution in [2.24, 2.45) is 0 Å². The van der Waals surface area contributed by atoms with Crippen LogP contribution >= 0.6 is 0 Å². The Balaban J connectivity index is 2.94. The predicted octanol–water partition coefficient (Wildman–Crippen LogP) is 2.34. The highest BCUT2D eigenvalue weighted by Gasteiger charge is 1.94. The molecule has 1 nitrogen and oxygen atoms in total. The maximum Gasteiger partial charge on any atom is 0.118 e. The minimum atomic E-state index is 0.692. The van der Waals surface area contributed by atoms with E-state index in [1.807, 2.05) is 24.3 Å². The monoisotopic (exact) mass is 158 g/mol. The molecule has 1 aromatic carbocycles. The lowest BCUT2D eigenvalue weighted by molar-refractivity contribution is 0.415. The minimum absolute atomic E-state index is 0.692. The first-order valence-electron chi connectivity index (χ1n) is 3.58. The summed E-state index contributed by atoms with van der Waals surface area (Å²) in [5.41, 5.74) is 1.65. The van der Waals surface area contributed by atoms with Crippen LogP contribution < -0.4 is 4.74 Å². The Morgan fingerprint density at radius 1 is 1.42 bits per heavy atom. The van der Waals surface area contributed by atoms with E-state index in [0.29, 0.717) is 5.57 Å². The summed E-state index contributed by atoms with van der Waals surface area (Å²) in [6.45, 7) is 3.72. The first-order valence-corrected chi connectivity index (χ1v) is 3.58. The Kier molecular flexibility index (Phi) is 2.55. The summed E-state index contributed by atoms with van der Waals surface area (Å²) in [7, 11) is 1.63. The highest BCUT2D eigenvalue weighted by Crippen LogP contribution is 2.16. The van der Waals surface area contributed by atoms with Crippen molar-refractivity contribution in [3.63, 3.8) is 0 Å². The van der Waals surface area contributed by atoms with Crippen LogP contribution in [0.3, 0.4) is 0 Å². The number of hydrogen-bond donors (Lipinski definition) is 0. The smallest absolute Gasteiger partial charge is 0.118 e. The van der Waals surface area contributed by atoms with Gasteiger partial charge in [0.15, 0.2) is 0 Å². The molecular weight excluding hydrogens is 148 g/mol. The lowest BCUT2D eigenvalue weighted by Crippen LogP contribution is -1.83. The number of methoxy groups -OCH3 is 1. The van der Waals surface area contributed by atoms with Gasteiger partial charge in [-0.05, 0) is 17.7 Å². The van der Waals surface area contributed by atoms with Crippen LogP contribution in [0.25, 0.3) is 5.57 Å². The number of allylic oxidation sites excluding steroid dienone is 1. The van der Waals surface area contributed by atoms with Gasteiger partial charge in [-0.2, -0.15) is 0 Å². The standard InChI is InChI=1S/C11H10O/c1-4-9(2)10-5-7-11(12-3)8-6-10/h1,5-8H,2H2,3H3. The van der Waals surface area contributed by atoms with Crippen molar-refractivity contribution >= 4 is 5.57 Å². The van der Waals surface area contributed by atoms with Crippen LogP contribution in [0.2, 0.25) is 0 Å². The summed E-state index contributed by atoms with van der Waals surface area (Å²) in [6.07, 6.45) is 5.19. The highest BCUT2D eigenvalue weighted by molar-refractivity contribution is 5.76. The van der Waals surface area contributed by atoms with Gasteiger partial charge in [-0.25, -0.2) is 0 Å². The zero-order valence-corrected chi connectivity index (χ0v) is 7.00. The Morgan fingerprint density at radius 3 is 2.42 bits per heavy atom. The zero-order valence-electron chi connectivity index (χ0n) is 7.00. The Labute approximate surface area is 72.7 Å². The third-order valence-corrected chi connectivity index (χ3v) is 1.61. The van der Waals surface area contributed by atoms with Gasteiger partial charge in [0.1, 0.15) is 5.75 Å². The molecule has 1 rings (SSSR count). The first-order chi connectivity index (χ1) is 5.77. The van der Waals surface area contributed by atoms with Crippen molar-refractivity contribution in [3.05, 3.63) is 36.4 Å². The zero-order chi connectivity index (χ0) is 8.97. The van der Waals surface area contributed by atoms with Gasteiger partial charge in [-0.3, -0.25) is 0 Å². The maximum absolute atomic E-state index is 5.19. The van der Waals surface area contributed by atoms with Crippen molar-refractivity contribution in [1.82, 2.24) is 0 Å². The van der Waals surface area contributed by atoms with E-state index in [0.717, 1.165) is 11.3 Å². The molecule has 0 radical (unpaired) electrons. The minimum Gasteiger partial charge on any atom is -0.497 e. The van der Waals surface area contributed by atoms with Crippen LogP contribution in [0.4, 0.5) is 0 Å². The molecule has 60 valence electrons. The molecule has 1 heteroatoms. The van der Waals surface area contributed by atoms with Crippen molar-refractivity contribution < 1.29 is 4.74 Å². The summed E-state index contributed by atoms with van der Waals surface area (Å²) >= 11 is 0. The molecule has 0 amide bonds. The van der Waals surface area contributed by atoms with Gasteiger partial charge < -0.3 is 4.74 Å². The van der Waals surface area contributed by atoms with E-state index in [2.05, 4.69) is 12.5 Å². The largest absolute Gasteiger partial charge is 0.497 e. The molecule has 0 bridgehead atoms. The molecule has 0 aromatic heterocycles. The van der Waals surface area contributed by atoms with E-state index < -0.39 is 0 Å². The number of hydrogen-bond acceptors (Lipinski definition) is 1. The lowest BCUT2D eigenvalue weighted by atomic mass is 10.1. The van der Waals surface area contributed by atoms with Crippen molar-refractivity contribution in [2.45, 2.75) is 0 Å². The van der Waals surface area contributed by atoms with E-state index in [1.165, 1.54) is 0 Å². The second-order valence-electron chi connectivity index (χ2n) is 2.35. The quantitative estimate of drug-likeness (QED) is 0.600. The molecule has 0 saturated heterocycles. The molecule has 0 fully saturated rings. The normalized spacial score (nSPS) is 8.67. The molecule has 0 spiro atoms. The van der Waals surface area contributed by atoms with Crippen LogP contribution in [0.15, 0.2) is 30.8 Å². The summed E-state index contributed by atoms with van der Waals surface area (Å²) in [4.78, 5) is 0. The Morgan fingerprint density at radius 2 is 2.00 bits per heavy atom. The SMILES string of the molecule is C#CC(=C)c1ccc(OC)cc1. The fourth-order valence-corrected chi connectivity index (χ4v) is 0.876. The fraction of sp³-hybridized carbons (Fsp3) is 0.0909. The van der Waals surface area contributed by atoms with E-state index >= 15 is 0 Å². The molecule has 0 unspecified atom stereocenters. The topological polar surface area (TPSA) is 9.23 Å². The summed E-state index contributed by atoms with van der Waals surface area (Å²) in [5, 5.41) is 0. The van der Waals surface area contributed by atoms with Gasteiger partial charge in [0.2, 0.25) is 0 Å². The van der Waals surface area contributed by atoms with Crippen molar-refractivity contribution in [3.8, 4) is 18.1 Å². The van der Waals surface area contributed by atoms with E-state index in [4.69, 9.17) is 11.2 Å². The van der Waals surface area contributed by atoms with Crippen LogP contribution in [-0.4, -0.2) is 7.11 Å². The van der Waals surface area contributed by atoms with Crippen LogP contribution in [0.1, 0.15) is 5.56 Å². The summed E-state index contributed by atoms with van der Waals surface area (Å²) in [6, 6.07) is 7.50. The molecule has 1 aromatic rings. The van der Waals surface area contributed by atoms with Gasteiger partial charge in [0.05, 0.1) is 7.11 Å². The average Bonchev–Trinajstić information content (AvgIpc) is 2.17. The average molecular weight is 158 g/mol. The van der Waals surface area contributed by atoms with Crippen molar-refractivity contribution in [2.75, 3.05) is 7.11 Å². The van der Waals surface area contributed by atoms with Crippen LogP contribution in [0.5, 0.6) is 5.75 Å². The van der Waals surface area contributed by atoms with Crippen LogP contribution in [-0.2, 0) is 0 Å². The predicted molar refractivity (Wildman–Crippen MR) is 50.9 cm³/mol. The summed E-state index contributed by atoms with van der Waals surface area (Å²) < 4.78 is 5.00. The van der Waals surface area contributed by atoms with E-state index in [-0.39, 0.29) is 0 Å². The molecule has 0 atom stereocenters. The number of terminal acetylenes is 1. The molecular formula is C11H10O. The maximum atomic E-state index is 5.19. The van der Waals surface area contributed by atoms with E-state index in [9.17, 15) is 0 Å². The van der Waals surface area contributed by atoms with Crippen LogP contribution in [0, 0.1) is 12.3 Å². The molecule has 0 saturated carbocycles. The second kappa shape index (κ2) is 3.64. The molecule has 0 aliphatic carbocycles.